The number of rotatable bonds is 5. The Morgan fingerprint density at radius 3 is 2.65 bits per heavy atom. The zero-order valence-electron chi connectivity index (χ0n) is 17.0. The standard InChI is InChI=1S/C22H24N4O5/c27-20(24-15-5-2-1-3-6-15)13-26(17-7-4-10-23-12-17)22(29)21(28)25-16-8-9-18-19(11-16)31-14-30-18/h4,7-12,15H,1-3,5-6,13-14H2,(H,24,27)(H,25,28). The van der Waals surface area contributed by atoms with Crippen molar-refractivity contribution in [1.29, 1.82) is 0 Å². The van der Waals surface area contributed by atoms with Crippen LogP contribution in [0.5, 0.6) is 11.5 Å². The van der Waals surface area contributed by atoms with Crippen molar-refractivity contribution in [1.82, 2.24) is 10.3 Å². The molecule has 0 saturated heterocycles. The van der Waals surface area contributed by atoms with Crippen molar-refractivity contribution in [3.8, 4) is 11.5 Å². The number of carbonyl (C=O) groups excluding carboxylic acids is 3. The summed E-state index contributed by atoms with van der Waals surface area (Å²) in [4.78, 5) is 43.4. The fourth-order valence-electron chi connectivity index (χ4n) is 3.74. The normalized spacial score (nSPS) is 15.2. The molecule has 0 bridgehead atoms. The molecule has 1 aromatic carbocycles. The van der Waals surface area contributed by atoms with Gasteiger partial charge in [-0.2, -0.15) is 0 Å². The Kier molecular flexibility index (Phi) is 6.30. The first-order chi connectivity index (χ1) is 15.1. The van der Waals surface area contributed by atoms with Gasteiger partial charge in [0, 0.05) is 24.0 Å². The van der Waals surface area contributed by atoms with Crippen LogP contribution in [0.1, 0.15) is 32.1 Å². The van der Waals surface area contributed by atoms with Gasteiger partial charge in [0.05, 0.1) is 11.9 Å². The first kappa shape index (κ1) is 20.6. The summed E-state index contributed by atoms with van der Waals surface area (Å²) in [6.07, 6.45) is 8.18. The topological polar surface area (TPSA) is 110 Å². The maximum absolute atomic E-state index is 13.0. The van der Waals surface area contributed by atoms with E-state index in [0.29, 0.717) is 22.9 Å². The molecule has 2 heterocycles. The van der Waals surface area contributed by atoms with Crippen LogP contribution in [0.3, 0.4) is 0 Å². The van der Waals surface area contributed by atoms with Crippen molar-refractivity contribution in [2.45, 2.75) is 38.1 Å². The number of anilines is 2. The number of nitrogens with one attached hydrogen (secondary N) is 2. The minimum Gasteiger partial charge on any atom is -0.454 e. The molecule has 9 nitrogen and oxygen atoms in total. The van der Waals surface area contributed by atoms with Gasteiger partial charge in [0.2, 0.25) is 12.7 Å². The third-order valence-corrected chi connectivity index (χ3v) is 5.30. The van der Waals surface area contributed by atoms with E-state index in [9.17, 15) is 14.4 Å². The van der Waals surface area contributed by atoms with Gasteiger partial charge in [-0.05, 0) is 37.1 Å². The zero-order chi connectivity index (χ0) is 21.6. The number of nitrogens with zero attached hydrogens (tertiary/aromatic N) is 2. The highest BCUT2D eigenvalue weighted by molar-refractivity contribution is 6.44. The maximum Gasteiger partial charge on any atom is 0.317 e. The van der Waals surface area contributed by atoms with Gasteiger partial charge in [-0.15, -0.1) is 0 Å². The molecule has 1 aliphatic heterocycles. The number of aromatic nitrogens is 1. The first-order valence-corrected chi connectivity index (χ1v) is 10.3. The van der Waals surface area contributed by atoms with E-state index in [1.54, 1.807) is 36.5 Å². The highest BCUT2D eigenvalue weighted by Crippen LogP contribution is 2.34. The van der Waals surface area contributed by atoms with Gasteiger partial charge in [-0.1, -0.05) is 19.3 Å². The van der Waals surface area contributed by atoms with Crippen LogP contribution in [0, 0.1) is 0 Å². The number of hydrogen-bond donors (Lipinski definition) is 2. The lowest BCUT2D eigenvalue weighted by Crippen LogP contribution is -2.48. The van der Waals surface area contributed by atoms with Crippen molar-refractivity contribution in [2.24, 2.45) is 0 Å². The average molecular weight is 424 g/mol. The van der Waals surface area contributed by atoms with E-state index in [-0.39, 0.29) is 25.3 Å². The Morgan fingerprint density at radius 2 is 1.87 bits per heavy atom. The molecule has 2 aromatic rings. The van der Waals surface area contributed by atoms with Crippen LogP contribution in [0.2, 0.25) is 0 Å². The summed E-state index contributed by atoms with van der Waals surface area (Å²) in [5.74, 6) is -0.973. The van der Waals surface area contributed by atoms with E-state index in [0.717, 1.165) is 30.6 Å². The van der Waals surface area contributed by atoms with Crippen LogP contribution in [0.25, 0.3) is 0 Å². The van der Waals surface area contributed by atoms with E-state index in [1.807, 2.05) is 0 Å². The smallest absolute Gasteiger partial charge is 0.317 e. The Morgan fingerprint density at radius 1 is 1.06 bits per heavy atom. The minimum atomic E-state index is -0.867. The highest BCUT2D eigenvalue weighted by atomic mass is 16.7. The molecule has 1 saturated carbocycles. The maximum atomic E-state index is 13.0. The SMILES string of the molecule is O=C(CN(C(=O)C(=O)Nc1ccc2c(c1)OCO2)c1cccnc1)NC1CCCCC1. The fourth-order valence-corrected chi connectivity index (χ4v) is 3.74. The molecule has 1 aromatic heterocycles. The Labute approximate surface area is 179 Å². The molecule has 3 amide bonds. The monoisotopic (exact) mass is 424 g/mol. The molecule has 0 radical (unpaired) electrons. The molecule has 162 valence electrons. The Hall–Kier alpha value is -3.62. The predicted molar refractivity (Wildman–Crippen MR) is 113 cm³/mol. The number of pyridine rings is 1. The van der Waals surface area contributed by atoms with Gasteiger partial charge in [0.1, 0.15) is 6.54 Å². The lowest BCUT2D eigenvalue weighted by Gasteiger charge is -2.25. The molecule has 31 heavy (non-hydrogen) atoms. The van der Waals surface area contributed by atoms with Crippen molar-refractivity contribution >= 4 is 29.1 Å². The number of ether oxygens (including phenoxy) is 2. The number of hydrogen-bond acceptors (Lipinski definition) is 6. The Bertz CT molecular complexity index is 960. The molecule has 1 aliphatic carbocycles. The summed E-state index contributed by atoms with van der Waals surface area (Å²) in [6, 6.07) is 8.23. The molecule has 2 N–H and O–H groups in total. The molecular weight excluding hydrogens is 400 g/mol. The second kappa shape index (κ2) is 9.46. The van der Waals surface area contributed by atoms with Gasteiger partial charge in [0.25, 0.3) is 0 Å². The first-order valence-electron chi connectivity index (χ1n) is 10.3. The van der Waals surface area contributed by atoms with Crippen LogP contribution in [-0.2, 0) is 14.4 Å². The minimum absolute atomic E-state index is 0.106. The third-order valence-electron chi connectivity index (χ3n) is 5.30. The third kappa shape index (κ3) is 5.11. The lowest BCUT2D eigenvalue weighted by atomic mass is 9.95. The molecule has 0 spiro atoms. The summed E-state index contributed by atoms with van der Waals surface area (Å²) in [5.41, 5.74) is 0.757. The summed E-state index contributed by atoms with van der Waals surface area (Å²) in [5, 5.41) is 5.53. The second-order valence-electron chi connectivity index (χ2n) is 7.53. The van der Waals surface area contributed by atoms with E-state index >= 15 is 0 Å². The molecule has 9 heteroatoms. The van der Waals surface area contributed by atoms with Crippen LogP contribution in [-0.4, -0.2) is 42.1 Å². The van der Waals surface area contributed by atoms with Crippen LogP contribution in [0.4, 0.5) is 11.4 Å². The number of benzene rings is 1. The van der Waals surface area contributed by atoms with Crippen molar-refractivity contribution in [3.63, 3.8) is 0 Å². The van der Waals surface area contributed by atoms with Gasteiger partial charge in [-0.3, -0.25) is 24.3 Å². The molecule has 2 aliphatic rings. The average Bonchev–Trinajstić information content (AvgIpc) is 3.26. The molecule has 1 fully saturated rings. The van der Waals surface area contributed by atoms with E-state index in [1.165, 1.54) is 12.6 Å². The van der Waals surface area contributed by atoms with Gasteiger partial charge in [-0.25, -0.2) is 0 Å². The summed E-state index contributed by atoms with van der Waals surface area (Å²) < 4.78 is 10.5. The van der Waals surface area contributed by atoms with Crippen molar-refractivity contribution < 1.29 is 23.9 Å². The van der Waals surface area contributed by atoms with Gasteiger partial charge in [0.15, 0.2) is 11.5 Å². The van der Waals surface area contributed by atoms with E-state index in [4.69, 9.17) is 9.47 Å². The number of fused-ring (bicyclic) bond motifs is 1. The lowest BCUT2D eigenvalue weighted by molar-refractivity contribution is -0.135. The predicted octanol–water partition coefficient (Wildman–Crippen LogP) is 2.23. The van der Waals surface area contributed by atoms with Crippen LogP contribution < -0.4 is 25.0 Å². The highest BCUT2D eigenvalue weighted by Gasteiger charge is 2.27. The zero-order valence-corrected chi connectivity index (χ0v) is 17.0. The van der Waals surface area contributed by atoms with Gasteiger partial charge >= 0.3 is 11.8 Å². The van der Waals surface area contributed by atoms with E-state index < -0.39 is 11.8 Å². The molecule has 4 rings (SSSR count). The van der Waals surface area contributed by atoms with Crippen molar-refractivity contribution in [2.75, 3.05) is 23.6 Å². The summed E-state index contributed by atoms with van der Waals surface area (Å²) >= 11 is 0. The van der Waals surface area contributed by atoms with Crippen LogP contribution in [0.15, 0.2) is 42.7 Å². The fraction of sp³-hybridized carbons (Fsp3) is 0.364. The molecule has 0 unspecified atom stereocenters. The summed E-state index contributed by atoms with van der Waals surface area (Å²) in [7, 11) is 0. The second-order valence-corrected chi connectivity index (χ2v) is 7.53. The van der Waals surface area contributed by atoms with Crippen LogP contribution >= 0.6 is 0 Å². The van der Waals surface area contributed by atoms with E-state index in [2.05, 4.69) is 15.6 Å². The summed E-state index contributed by atoms with van der Waals surface area (Å²) in [6.45, 7) is -0.161. The molecular formula is C22H24N4O5. The van der Waals surface area contributed by atoms with Gasteiger partial charge < -0.3 is 20.1 Å². The largest absolute Gasteiger partial charge is 0.454 e. The van der Waals surface area contributed by atoms with Crippen molar-refractivity contribution in [3.05, 3.63) is 42.7 Å². The Balaban J connectivity index is 1.45. The molecule has 0 atom stereocenters. The number of carbonyl (C=O) groups is 3. The quantitative estimate of drug-likeness (QED) is 0.713. The number of amides is 3.